The molecule has 2 saturated carbocycles. The van der Waals surface area contributed by atoms with Gasteiger partial charge in [-0.2, -0.15) is 0 Å². The number of aliphatic imine (C=N–C) groups is 1. The minimum Gasteiger partial charge on any atom is -0.469 e. The van der Waals surface area contributed by atoms with Gasteiger partial charge in [-0.25, -0.2) is 0 Å². The fourth-order valence-corrected chi connectivity index (χ4v) is 3.34. The van der Waals surface area contributed by atoms with Crippen molar-refractivity contribution in [2.75, 3.05) is 19.8 Å². The molecule has 3 aliphatic rings. The third-order valence-electron chi connectivity index (χ3n) is 4.71. The molecule has 2 heterocycles. The van der Waals surface area contributed by atoms with E-state index in [0.717, 1.165) is 57.2 Å². The van der Waals surface area contributed by atoms with Crippen LogP contribution in [0.5, 0.6) is 0 Å². The molecule has 3 fully saturated rings. The Balaban J connectivity index is 1.32. The van der Waals surface area contributed by atoms with Gasteiger partial charge in [-0.1, -0.05) is 0 Å². The second-order valence-corrected chi connectivity index (χ2v) is 6.67. The summed E-state index contributed by atoms with van der Waals surface area (Å²) in [6.45, 7) is 2.16. The number of rotatable bonds is 5. The average Bonchev–Trinajstić information content (AvgIpc) is 2.98. The number of guanidine groups is 1. The van der Waals surface area contributed by atoms with E-state index in [1.807, 2.05) is 12.1 Å². The molecule has 1 aromatic heterocycles. The highest BCUT2D eigenvalue weighted by Gasteiger charge is 2.44. The standard InChI is InChI=1S/C17H25N3O3/c1-2-15(21-9-1)6-8-18-16(19-13-3-4-13)20-14-5-7-17(12-14)22-10-11-23-17/h1-2,9,13-14H,3-8,10-12H2,(H2,18,19,20). The van der Waals surface area contributed by atoms with Gasteiger partial charge in [0.2, 0.25) is 0 Å². The van der Waals surface area contributed by atoms with Crippen molar-refractivity contribution < 1.29 is 13.9 Å². The van der Waals surface area contributed by atoms with E-state index < -0.39 is 0 Å². The van der Waals surface area contributed by atoms with Crippen LogP contribution in [0.25, 0.3) is 0 Å². The van der Waals surface area contributed by atoms with Gasteiger partial charge in [-0.15, -0.1) is 0 Å². The first-order valence-corrected chi connectivity index (χ1v) is 8.69. The van der Waals surface area contributed by atoms with Crippen LogP contribution in [0.15, 0.2) is 27.8 Å². The van der Waals surface area contributed by atoms with Gasteiger partial charge >= 0.3 is 0 Å². The van der Waals surface area contributed by atoms with Crippen molar-refractivity contribution in [1.29, 1.82) is 0 Å². The number of nitrogens with one attached hydrogen (secondary N) is 2. The summed E-state index contributed by atoms with van der Waals surface area (Å²) in [4.78, 5) is 4.71. The Hall–Kier alpha value is -1.53. The Morgan fingerprint density at radius 3 is 2.74 bits per heavy atom. The number of nitrogens with zero attached hydrogens (tertiary/aromatic N) is 1. The highest BCUT2D eigenvalue weighted by Crippen LogP contribution is 2.37. The predicted octanol–water partition coefficient (Wildman–Crippen LogP) is 1.82. The van der Waals surface area contributed by atoms with Gasteiger partial charge in [0.15, 0.2) is 11.7 Å². The van der Waals surface area contributed by atoms with Crippen molar-refractivity contribution >= 4 is 5.96 Å². The van der Waals surface area contributed by atoms with Crippen LogP contribution in [0.4, 0.5) is 0 Å². The van der Waals surface area contributed by atoms with Crippen molar-refractivity contribution in [3.63, 3.8) is 0 Å². The van der Waals surface area contributed by atoms with E-state index in [4.69, 9.17) is 18.9 Å². The first-order chi connectivity index (χ1) is 11.3. The molecule has 0 bridgehead atoms. The monoisotopic (exact) mass is 319 g/mol. The molecule has 1 aromatic rings. The number of ether oxygens (including phenoxy) is 2. The lowest BCUT2D eigenvalue weighted by atomic mass is 10.2. The van der Waals surface area contributed by atoms with E-state index in [1.165, 1.54) is 12.8 Å². The molecule has 0 amide bonds. The molecule has 23 heavy (non-hydrogen) atoms. The van der Waals surface area contributed by atoms with Gasteiger partial charge in [0, 0.05) is 37.9 Å². The zero-order valence-electron chi connectivity index (χ0n) is 13.4. The quantitative estimate of drug-likeness (QED) is 0.640. The highest BCUT2D eigenvalue weighted by atomic mass is 16.7. The number of hydrogen-bond donors (Lipinski definition) is 2. The Labute approximate surface area is 136 Å². The third kappa shape index (κ3) is 3.87. The fourth-order valence-electron chi connectivity index (χ4n) is 3.34. The molecule has 0 aromatic carbocycles. The van der Waals surface area contributed by atoms with Crippen LogP contribution in [-0.4, -0.2) is 43.6 Å². The summed E-state index contributed by atoms with van der Waals surface area (Å²) in [6.07, 6.45) is 7.93. The molecule has 126 valence electrons. The van der Waals surface area contributed by atoms with Crippen LogP contribution in [0, 0.1) is 0 Å². The molecule has 4 rings (SSSR count). The molecule has 1 atom stereocenters. The van der Waals surface area contributed by atoms with Gasteiger partial charge in [-0.05, 0) is 31.4 Å². The smallest absolute Gasteiger partial charge is 0.191 e. The third-order valence-corrected chi connectivity index (χ3v) is 4.71. The van der Waals surface area contributed by atoms with E-state index in [9.17, 15) is 0 Å². The summed E-state index contributed by atoms with van der Waals surface area (Å²) in [5.74, 6) is 1.56. The van der Waals surface area contributed by atoms with E-state index in [2.05, 4.69) is 10.6 Å². The Morgan fingerprint density at radius 2 is 2.00 bits per heavy atom. The summed E-state index contributed by atoms with van der Waals surface area (Å²) in [5.41, 5.74) is 0. The zero-order chi connectivity index (χ0) is 15.5. The van der Waals surface area contributed by atoms with E-state index in [1.54, 1.807) is 6.26 Å². The molecule has 6 nitrogen and oxygen atoms in total. The predicted molar refractivity (Wildman–Crippen MR) is 86.3 cm³/mol. The van der Waals surface area contributed by atoms with E-state index in [-0.39, 0.29) is 5.79 Å². The number of furan rings is 1. The van der Waals surface area contributed by atoms with Crippen molar-refractivity contribution in [1.82, 2.24) is 10.6 Å². The minimum atomic E-state index is -0.337. The molecular weight excluding hydrogens is 294 g/mol. The fraction of sp³-hybridized carbons (Fsp3) is 0.706. The maximum atomic E-state index is 5.80. The van der Waals surface area contributed by atoms with Crippen LogP contribution < -0.4 is 10.6 Å². The molecule has 1 unspecified atom stereocenters. The lowest BCUT2D eigenvalue weighted by Crippen LogP contribution is -2.44. The van der Waals surface area contributed by atoms with Crippen molar-refractivity contribution in [2.24, 2.45) is 4.99 Å². The van der Waals surface area contributed by atoms with Crippen LogP contribution >= 0.6 is 0 Å². The largest absolute Gasteiger partial charge is 0.469 e. The minimum absolute atomic E-state index is 0.337. The molecule has 0 radical (unpaired) electrons. The van der Waals surface area contributed by atoms with Gasteiger partial charge in [-0.3, -0.25) is 4.99 Å². The maximum absolute atomic E-state index is 5.80. The van der Waals surface area contributed by atoms with Crippen LogP contribution in [-0.2, 0) is 15.9 Å². The molecule has 1 aliphatic heterocycles. The summed E-state index contributed by atoms with van der Waals surface area (Å²) >= 11 is 0. The average molecular weight is 319 g/mol. The lowest BCUT2D eigenvalue weighted by molar-refractivity contribution is -0.151. The summed E-state index contributed by atoms with van der Waals surface area (Å²) in [6, 6.07) is 4.85. The second-order valence-electron chi connectivity index (χ2n) is 6.67. The molecular formula is C17H25N3O3. The van der Waals surface area contributed by atoms with Crippen molar-refractivity contribution in [3.05, 3.63) is 24.2 Å². The Bertz CT molecular complexity index is 533. The van der Waals surface area contributed by atoms with Gasteiger partial charge in [0.1, 0.15) is 5.76 Å². The van der Waals surface area contributed by atoms with Crippen molar-refractivity contribution in [3.8, 4) is 0 Å². The van der Waals surface area contributed by atoms with E-state index in [0.29, 0.717) is 12.1 Å². The van der Waals surface area contributed by atoms with Gasteiger partial charge in [0.25, 0.3) is 0 Å². The number of hydrogen-bond acceptors (Lipinski definition) is 4. The Morgan fingerprint density at radius 1 is 1.17 bits per heavy atom. The summed E-state index contributed by atoms with van der Waals surface area (Å²) in [7, 11) is 0. The molecule has 6 heteroatoms. The summed E-state index contributed by atoms with van der Waals surface area (Å²) in [5, 5.41) is 7.07. The topological polar surface area (TPSA) is 68.0 Å². The van der Waals surface area contributed by atoms with Gasteiger partial charge in [0.05, 0.1) is 19.5 Å². The zero-order valence-corrected chi connectivity index (χ0v) is 13.4. The highest BCUT2D eigenvalue weighted by molar-refractivity contribution is 5.80. The van der Waals surface area contributed by atoms with Crippen LogP contribution in [0.2, 0.25) is 0 Å². The lowest BCUT2D eigenvalue weighted by Gasteiger charge is -2.22. The molecule has 1 saturated heterocycles. The molecule has 2 N–H and O–H groups in total. The SMILES string of the molecule is c1coc(CCN=C(NC2CC2)NC2CCC3(C2)OCCO3)c1. The molecule has 1 spiro atoms. The van der Waals surface area contributed by atoms with E-state index >= 15 is 0 Å². The van der Waals surface area contributed by atoms with Crippen LogP contribution in [0.1, 0.15) is 37.9 Å². The normalized spacial score (nSPS) is 26.8. The Kier molecular flexibility index (Phi) is 4.27. The van der Waals surface area contributed by atoms with Crippen LogP contribution in [0.3, 0.4) is 0 Å². The first-order valence-electron chi connectivity index (χ1n) is 8.69. The first kappa shape index (κ1) is 15.0. The summed E-state index contributed by atoms with van der Waals surface area (Å²) < 4.78 is 17.0. The van der Waals surface area contributed by atoms with Crippen molar-refractivity contribution in [2.45, 2.75) is 56.4 Å². The second kappa shape index (κ2) is 6.53. The molecule has 2 aliphatic carbocycles. The maximum Gasteiger partial charge on any atom is 0.191 e. The van der Waals surface area contributed by atoms with Gasteiger partial charge < -0.3 is 24.5 Å².